The lowest BCUT2D eigenvalue weighted by atomic mass is 9.96. The smallest absolute Gasteiger partial charge is 0.324 e. The van der Waals surface area contributed by atoms with Gasteiger partial charge in [0.2, 0.25) is 0 Å². The van der Waals surface area contributed by atoms with Crippen LogP contribution in [0.25, 0.3) is 0 Å². The molecule has 2 atom stereocenters. The van der Waals surface area contributed by atoms with Crippen molar-refractivity contribution in [2.24, 2.45) is 11.3 Å². The molecular formula is C11H22N2O2. The highest BCUT2D eigenvalue weighted by Gasteiger charge is 2.29. The number of rotatable bonds is 2. The second kappa shape index (κ2) is 4.94. The van der Waals surface area contributed by atoms with Crippen LogP contribution in [0.3, 0.4) is 0 Å². The third kappa shape index (κ3) is 4.18. The number of hydrazine groups is 1. The molecule has 0 radical (unpaired) electrons. The van der Waals surface area contributed by atoms with Crippen LogP contribution in [-0.4, -0.2) is 25.2 Å². The molecule has 1 aliphatic heterocycles. The van der Waals surface area contributed by atoms with Crippen molar-refractivity contribution < 1.29 is 9.53 Å². The molecule has 1 rings (SSSR count). The Morgan fingerprint density at radius 3 is 2.67 bits per heavy atom. The van der Waals surface area contributed by atoms with Crippen LogP contribution in [0.5, 0.6) is 0 Å². The molecule has 88 valence electrons. The predicted octanol–water partition coefficient (Wildman–Crippen LogP) is 1.08. The summed E-state index contributed by atoms with van der Waals surface area (Å²) in [4.78, 5) is 11.7. The fourth-order valence-corrected chi connectivity index (χ4v) is 1.46. The molecule has 0 aromatic carbocycles. The Morgan fingerprint density at radius 2 is 2.13 bits per heavy atom. The average Bonchev–Trinajstić information content (AvgIpc) is 2.14. The van der Waals surface area contributed by atoms with Gasteiger partial charge < -0.3 is 4.74 Å². The quantitative estimate of drug-likeness (QED) is 0.675. The number of nitrogens with one attached hydrogen (secondary N) is 2. The number of hydrogen-bond donors (Lipinski definition) is 2. The average molecular weight is 214 g/mol. The van der Waals surface area contributed by atoms with Crippen molar-refractivity contribution in [1.82, 2.24) is 10.9 Å². The van der Waals surface area contributed by atoms with Gasteiger partial charge >= 0.3 is 5.97 Å². The van der Waals surface area contributed by atoms with Gasteiger partial charge in [0.1, 0.15) is 6.04 Å². The molecule has 1 fully saturated rings. The van der Waals surface area contributed by atoms with Gasteiger partial charge in [-0.05, 0) is 17.8 Å². The molecule has 1 saturated heterocycles. The van der Waals surface area contributed by atoms with Crippen LogP contribution in [0.15, 0.2) is 0 Å². The summed E-state index contributed by atoms with van der Waals surface area (Å²) in [6.45, 7) is 9.60. The van der Waals surface area contributed by atoms with Crippen molar-refractivity contribution in [2.75, 3.05) is 13.2 Å². The Bertz CT molecular complexity index is 223. The molecule has 15 heavy (non-hydrogen) atoms. The zero-order chi connectivity index (χ0) is 11.5. The molecule has 0 spiro atoms. The second-order valence-corrected chi connectivity index (χ2v) is 5.48. The molecule has 0 saturated carbocycles. The van der Waals surface area contributed by atoms with Gasteiger partial charge in [0.25, 0.3) is 0 Å². The summed E-state index contributed by atoms with van der Waals surface area (Å²) >= 11 is 0. The van der Waals surface area contributed by atoms with Crippen LogP contribution in [0.2, 0.25) is 0 Å². The van der Waals surface area contributed by atoms with E-state index in [1.165, 1.54) is 0 Å². The number of esters is 1. The molecule has 0 aromatic heterocycles. The molecular weight excluding hydrogens is 192 g/mol. The summed E-state index contributed by atoms with van der Waals surface area (Å²) in [5.41, 5.74) is 6.00. The fourth-order valence-electron chi connectivity index (χ4n) is 1.46. The van der Waals surface area contributed by atoms with E-state index in [0.29, 0.717) is 12.5 Å². The first kappa shape index (κ1) is 12.5. The van der Waals surface area contributed by atoms with Crippen LogP contribution < -0.4 is 10.9 Å². The van der Waals surface area contributed by atoms with Gasteiger partial charge in [0, 0.05) is 6.54 Å². The topological polar surface area (TPSA) is 50.4 Å². The monoisotopic (exact) mass is 214 g/mol. The number of carbonyl (C=O) groups is 1. The zero-order valence-corrected chi connectivity index (χ0v) is 10.1. The van der Waals surface area contributed by atoms with E-state index in [1.807, 2.05) is 0 Å². The van der Waals surface area contributed by atoms with E-state index < -0.39 is 0 Å². The lowest BCUT2D eigenvalue weighted by molar-refractivity contribution is -0.151. The Balaban J connectivity index is 2.39. The lowest BCUT2D eigenvalue weighted by Gasteiger charge is -2.29. The van der Waals surface area contributed by atoms with E-state index in [0.717, 1.165) is 13.0 Å². The van der Waals surface area contributed by atoms with Crippen molar-refractivity contribution in [3.05, 3.63) is 0 Å². The van der Waals surface area contributed by atoms with Crippen LogP contribution in [-0.2, 0) is 9.53 Å². The summed E-state index contributed by atoms with van der Waals surface area (Å²) in [6.07, 6.45) is 1.00. The van der Waals surface area contributed by atoms with Crippen molar-refractivity contribution in [3.8, 4) is 0 Å². The summed E-state index contributed by atoms with van der Waals surface area (Å²) in [6, 6.07) is -0.207. The van der Waals surface area contributed by atoms with Gasteiger partial charge in [-0.1, -0.05) is 27.7 Å². The SMILES string of the molecule is C[C@H]1CCNN[C@@H]1C(=O)OCC(C)(C)C. The van der Waals surface area contributed by atoms with E-state index in [4.69, 9.17) is 4.74 Å². The molecule has 2 N–H and O–H groups in total. The number of carbonyl (C=O) groups excluding carboxylic acids is 1. The van der Waals surface area contributed by atoms with Gasteiger partial charge in [-0.3, -0.25) is 10.2 Å². The molecule has 4 heteroatoms. The maximum atomic E-state index is 11.7. The summed E-state index contributed by atoms with van der Waals surface area (Å²) in [5.74, 6) is 0.184. The van der Waals surface area contributed by atoms with Crippen molar-refractivity contribution >= 4 is 5.97 Å². The highest BCUT2D eigenvalue weighted by molar-refractivity contribution is 5.76. The van der Waals surface area contributed by atoms with E-state index in [-0.39, 0.29) is 17.4 Å². The Labute approximate surface area is 91.7 Å². The van der Waals surface area contributed by atoms with Crippen LogP contribution in [0.4, 0.5) is 0 Å². The molecule has 0 unspecified atom stereocenters. The zero-order valence-electron chi connectivity index (χ0n) is 10.1. The van der Waals surface area contributed by atoms with E-state index in [1.54, 1.807) is 0 Å². The van der Waals surface area contributed by atoms with Gasteiger partial charge in [0.05, 0.1) is 6.61 Å². The van der Waals surface area contributed by atoms with Crippen LogP contribution >= 0.6 is 0 Å². The van der Waals surface area contributed by atoms with Crippen LogP contribution in [0.1, 0.15) is 34.1 Å². The number of ether oxygens (including phenoxy) is 1. The lowest BCUT2D eigenvalue weighted by Crippen LogP contribution is -2.54. The Morgan fingerprint density at radius 1 is 1.47 bits per heavy atom. The largest absolute Gasteiger partial charge is 0.464 e. The molecule has 4 nitrogen and oxygen atoms in total. The Hall–Kier alpha value is -0.610. The molecule has 0 amide bonds. The number of hydrogen-bond acceptors (Lipinski definition) is 4. The third-order valence-corrected chi connectivity index (χ3v) is 2.45. The summed E-state index contributed by atoms with van der Waals surface area (Å²) < 4.78 is 5.27. The molecule has 0 bridgehead atoms. The van der Waals surface area contributed by atoms with E-state index >= 15 is 0 Å². The minimum atomic E-state index is -0.207. The summed E-state index contributed by atoms with van der Waals surface area (Å²) in [7, 11) is 0. The minimum Gasteiger partial charge on any atom is -0.464 e. The predicted molar refractivity (Wildman–Crippen MR) is 59.1 cm³/mol. The maximum absolute atomic E-state index is 11.7. The molecule has 1 heterocycles. The molecule has 0 aliphatic carbocycles. The van der Waals surface area contributed by atoms with E-state index in [2.05, 4.69) is 38.5 Å². The molecule has 0 aromatic rings. The standard InChI is InChI=1S/C11H22N2O2/c1-8-5-6-12-13-9(8)10(14)15-7-11(2,3)4/h8-9,12-13H,5-7H2,1-4H3/t8-,9-/m0/s1. The highest BCUT2D eigenvalue weighted by atomic mass is 16.5. The first-order valence-corrected chi connectivity index (χ1v) is 5.55. The van der Waals surface area contributed by atoms with Gasteiger partial charge in [-0.15, -0.1) is 0 Å². The van der Waals surface area contributed by atoms with Crippen molar-refractivity contribution in [3.63, 3.8) is 0 Å². The van der Waals surface area contributed by atoms with Gasteiger partial charge in [-0.25, -0.2) is 5.43 Å². The highest BCUT2D eigenvalue weighted by Crippen LogP contribution is 2.16. The fraction of sp³-hybridized carbons (Fsp3) is 0.909. The van der Waals surface area contributed by atoms with Crippen LogP contribution in [0, 0.1) is 11.3 Å². The summed E-state index contributed by atoms with van der Waals surface area (Å²) in [5, 5.41) is 0. The third-order valence-electron chi connectivity index (χ3n) is 2.45. The normalized spacial score (nSPS) is 27.5. The first-order chi connectivity index (χ1) is 6.90. The van der Waals surface area contributed by atoms with Crippen molar-refractivity contribution in [1.29, 1.82) is 0 Å². The maximum Gasteiger partial charge on any atom is 0.324 e. The first-order valence-electron chi connectivity index (χ1n) is 5.55. The minimum absolute atomic E-state index is 0.0288. The van der Waals surface area contributed by atoms with E-state index in [9.17, 15) is 4.79 Å². The van der Waals surface area contributed by atoms with Crippen molar-refractivity contribution in [2.45, 2.75) is 40.2 Å². The van der Waals surface area contributed by atoms with Gasteiger partial charge in [-0.2, -0.15) is 0 Å². The molecule has 1 aliphatic rings. The Kier molecular flexibility index (Phi) is 4.11. The van der Waals surface area contributed by atoms with Gasteiger partial charge in [0.15, 0.2) is 0 Å². The second-order valence-electron chi connectivity index (χ2n) is 5.48.